The Morgan fingerprint density at radius 1 is 1.32 bits per heavy atom. The van der Waals surface area contributed by atoms with Gasteiger partial charge in [0.1, 0.15) is 5.75 Å². The average molecular weight is 301 g/mol. The molecule has 22 heavy (non-hydrogen) atoms. The van der Waals surface area contributed by atoms with Gasteiger partial charge in [0.15, 0.2) is 0 Å². The number of aliphatic hydroxyl groups excluding tert-OH is 1. The van der Waals surface area contributed by atoms with E-state index in [9.17, 15) is 5.26 Å². The highest BCUT2D eigenvalue weighted by Gasteiger charge is 2.15. The predicted molar refractivity (Wildman–Crippen MR) is 83.9 cm³/mol. The standard InChI is InChI=1S/C17H23N3O2/c1-22-17-8-3-2-7-16(17)14-20(10-5-11-21)13-15(12-19)6-4-9-18/h2-3,7-8,15,21H,4-6,10-11,13-14H2,1H3/t15-/m0/s1. The van der Waals surface area contributed by atoms with Gasteiger partial charge in [0.2, 0.25) is 0 Å². The molecule has 0 radical (unpaired) electrons. The number of rotatable bonds is 10. The fourth-order valence-electron chi connectivity index (χ4n) is 2.35. The van der Waals surface area contributed by atoms with Gasteiger partial charge >= 0.3 is 0 Å². The van der Waals surface area contributed by atoms with Crippen molar-refractivity contribution in [2.45, 2.75) is 25.8 Å². The van der Waals surface area contributed by atoms with Crippen molar-refractivity contribution in [3.05, 3.63) is 29.8 Å². The van der Waals surface area contributed by atoms with E-state index >= 15 is 0 Å². The molecule has 0 bridgehead atoms. The van der Waals surface area contributed by atoms with Gasteiger partial charge in [-0.2, -0.15) is 10.5 Å². The van der Waals surface area contributed by atoms with Crippen LogP contribution < -0.4 is 4.74 Å². The first-order chi connectivity index (χ1) is 10.7. The molecule has 1 aromatic rings. The van der Waals surface area contributed by atoms with Gasteiger partial charge in [-0.15, -0.1) is 0 Å². The van der Waals surface area contributed by atoms with Crippen LogP contribution in [0.2, 0.25) is 0 Å². The van der Waals surface area contributed by atoms with Crippen molar-refractivity contribution < 1.29 is 9.84 Å². The molecular formula is C17H23N3O2. The van der Waals surface area contributed by atoms with Gasteiger partial charge in [0, 0.05) is 38.2 Å². The lowest BCUT2D eigenvalue weighted by Gasteiger charge is -2.25. The highest BCUT2D eigenvalue weighted by atomic mass is 16.5. The molecule has 0 heterocycles. The number of benzene rings is 1. The highest BCUT2D eigenvalue weighted by Crippen LogP contribution is 2.20. The Labute approximate surface area is 132 Å². The number of ether oxygens (including phenoxy) is 1. The molecule has 0 amide bonds. The van der Waals surface area contributed by atoms with E-state index in [4.69, 9.17) is 15.1 Å². The molecule has 0 saturated carbocycles. The lowest BCUT2D eigenvalue weighted by molar-refractivity contribution is 0.201. The summed E-state index contributed by atoms with van der Waals surface area (Å²) in [7, 11) is 1.64. The zero-order chi connectivity index (χ0) is 16.2. The minimum atomic E-state index is -0.173. The Morgan fingerprint density at radius 3 is 2.73 bits per heavy atom. The number of nitriles is 2. The van der Waals surface area contributed by atoms with E-state index < -0.39 is 0 Å². The van der Waals surface area contributed by atoms with Crippen LogP contribution >= 0.6 is 0 Å². The lowest BCUT2D eigenvalue weighted by atomic mass is 10.0. The summed E-state index contributed by atoms with van der Waals surface area (Å²) < 4.78 is 5.36. The third-order valence-corrected chi connectivity index (χ3v) is 3.48. The van der Waals surface area contributed by atoms with Gasteiger partial charge in [-0.3, -0.25) is 4.90 Å². The van der Waals surface area contributed by atoms with Crippen molar-refractivity contribution >= 4 is 0 Å². The molecule has 1 rings (SSSR count). The van der Waals surface area contributed by atoms with E-state index in [1.54, 1.807) is 7.11 Å². The molecule has 0 fully saturated rings. The number of hydrogen-bond donors (Lipinski definition) is 1. The summed E-state index contributed by atoms with van der Waals surface area (Å²) in [6, 6.07) is 12.2. The molecule has 1 aromatic carbocycles. The van der Waals surface area contributed by atoms with E-state index in [1.165, 1.54) is 0 Å². The summed E-state index contributed by atoms with van der Waals surface area (Å²) in [5, 5.41) is 27.0. The normalized spacial score (nSPS) is 11.7. The predicted octanol–water partition coefficient (Wildman–Crippen LogP) is 2.32. The third-order valence-electron chi connectivity index (χ3n) is 3.48. The Balaban J connectivity index is 2.75. The maximum atomic E-state index is 9.23. The number of nitrogens with zero attached hydrogens (tertiary/aromatic N) is 3. The molecule has 5 nitrogen and oxygen atoms in total. The molecular weight excluding hydrogens is 278 g/mol. The van der Waals surface area contributed by atoms with Gasteiger partial charge in [-0.05, 0) is 18.9 Å². The summed E-state index contributed by atoms with van der Waals surface area (Å²) in [5.74, 6) is 0.648. The van der Waals surface area contributed by atoms with E-state index in [1.807, 2.05) is 24.3 Å². The van der Waals surface area contributed by atoms with E-state index in [2.05, 4.69) is 17.0 Å². The van der Waals surface area contributed by atoms with Crippen LogP contribution in [0.3, 0.4) is 0 Å². The molecule has 0 aliphatic rings. The molecule has 0 spiro atoms. The summed E-state index contributed by atoms with van der Waals surface area (Å²) in [6.07, 6.45) is 1.63. The maximum absolute atomic E-state index is 9.23. The first-order valence-corrected chi connectivity index (χ1v) is 7.46. The Kier molecular flexibility index (Phi) is 8.67. The smallest absolute Gasteiger partial charge is 0.123 e. The first-order valence-electron chi connectivity index (χ1n) is 7.46. The number of para-hydroxylation sites is 1. The van der Waals surface area contributed by atoms with E-state index in [-0.39, 0.29) is 12.5 Å². The molecule has 0 aromatic heterocycles. The molecule has 0 aliphatic carbocycles. The van der Waals surface area contributed by atoms with Gasteiger partial charge in [-0.1, -0.05) is 18.2 Å². The van der Waals surface area contributed by atoms with Crippen LogP contribution in [0, 0.1) is 28.6 Å². The quantitative estimate of drug-likeness (QED) is 0.717. The zero-order valence-corrected chi connectivity index (χ0v) is 13.0. The summed E-state index contributed by atoms with van der Waals surface area (Å²) in [4.78, 5) is 2.14. The SMILES string of the molecule is COc1ccccc1CN(CCCO)C[C@H](C#N)CCC#N. The van der Waals surface area contributed by atoms with Crippen molar-refractivity contribution in [3.63, 3.8) is 0 Å². The highest BCUT2D eigenvalue weighted by molar-refractivity contribution is 5.33. The number of aliphatic hydroxyl groups is 1. The molecule has 0 aliphatic heterocycles. The van der Waals surface area contributed by atoms with Gasteiger partial charge < -0.3 is 9.84 Å². The summed E-state index contributed by atoms with van der Waals surface area (Å²) in [5.41, 5.74) is 1.06. The van der Waals surface area contributed by atoms with Crippen molar-refractivity contribution in [1.29, 1.82) is 10.5 Å². The van der Waals surface area contributed by atoms with Crippen molar-refractivity contribution in [3.8, 4) is 17.9 Å². The Bertz CT molecular complexity index is 519. The van der Waals surface area contributed by atoms with Crippen LogP contribution in [0.15, 0.2) is 24.3 Å². The van der Waals surface area contributed by atoms with Crippen LogP contribution in [0.25, 0.3) is 0 Å². The molecule has 1 N–H and O–H groups in total. The molecule has 0 unspecified atom stereocenters. The third kappa shape index (κ3) is 6.13. The minimum absolute atomic E-state index is 0.123. The number of methoxy groups -OCH3 is 1. The zero-order valence-electron chi connectivity index (χ0n) is 13.0. The van der Waals surface area contributed by atoms with Crippen molar-refractivity contribution in [2.75, 3.05) is 26.8 Å². The average Bonchev–Trinajstić information content (AvgIpc) is 2.56. The molecule has 118 valence electrons. The molecule has 0 saturated heterocycles. The van der Waals surface area contributed by atoms with E-state index in [0.717, 1.165) is 11.3 Å². The summed E-state index contributed by atoms with van der Waals surface area (Å²) in [6.45, 7) is 2.09. The van der Waals surface area contributed by atoms with Crippen LogP contribution in [-0.4, -0.2) is 36.8 Å². The monoisotopic (exact) mass is 301 g/mol. The van der Waals surface area contributed by atoms with Crippen LogP contribution in [0.1, 0.15) is 24.8 Å². The fourth-order valence-corrected chi connectivity index (χ4v) is 2.35. The lowest BCUT2D eigenvalue weighted by Crippen LogP contribution is -2.30. The maximum Gasteiger partial charge on any atom is 0.123 e. The summed E-state index contributed by atoms with van der Waals surface area (Å²) >= 11 is 0. The van der Waals surface area contributed by atoms with Crippen LogP contribution in [0.5, 0.6) is 5.75 Å². The largest absolute Gasteiger partial charge is 0.496 e. The Hall–Kier alpha value is -2.08. The topological polar surface area (TPSA) is 80.3 Å². The van der Waals surface area contributed by atoms with Gasteiger partial charge in [0.05, 0.1) is 25.2 Å². The molecule has 1 atom stereocenters. The second-order valence-electron chi connectivity index (χ2n) is 5.15. The van der Waals surface area contributed by atoms with Crippen molar-refractivity contribution in [1.82, 2.24) is 4.90 Å². The fraction of sp³-hybridized carbons (Fsp3) is 0.529. The first kappa shape index (κ1) is 18.0. The van der Waals surface area contributed by atoms with Crippen molar-refractivity contribution in [2.24, 2.45) is 5.92 Å². The van der Waals surface area contributed by atoms with Gasteiger partial charge in [0.25, 0.3) is 0 Å². The second-order valence-corrected chi connectivity index (χ2v) is 5.15. The molecule has 5 heteroatoms. The van der Waals surface area contributed by atoms with Gasteiger partial charge in [-0.25, -0.2) is 0 Å². The van der Waals surface area contributed by atoms with Crippen LogP contribution in [0.4, 0.5) is 0 Å². The Morgan fingerprint density at radius 2 is 2.09 bits per heavy atom. The van der Waals surface area contributed by atoms with E-state index in [0.29, 0.717) is 38.9 Å². The number of hydrogen-bond acceptors (Lipinski definition) is 5. The second kappa shape index (κ2) is 10.6. The van der Waals surface area contributed by atoms with Crippen LogP contribution in [-0.2, 0) is 6.54 Å². The minimum Gasteiger partial charge on any atom is -0.496 e.